The van der Waals surface area contributed by atoms with Crippen LogP contribution in [0.15, 0.2) is 34.7 Å². The van der Waals surface area contributed by atoms with E-state index in [-0.39, 0.29) is 35.9 Å². The molecule has 0 spiro atoms. The lowest BCUT2D eigenvalue weighted by atomic mass is 10.1. The van der Waals surface area contributed by atoms with Crippen LogP contribution < -0.4 is 0 Å². The molecule has 1 unspecified atom stereocenters. The molecule has 1 amide bonds. The number of carbonyl (C=O) groups excluding carboxylic acids is 1. The largest absolute Gasteiger partial charge is 0.441 e. The minimum atomic E-state index is -3.02. The van der Waals surface area contributed by atoms with Crippen molar-refractivity contribution in [1.29, 1.82) is 0 Å². The van der Waals surface area contributed by atoms with Gasteiger partial charge in [-0.25, -0.2) is 13.4 Å². The molecule has 1 saturated carbocycles. The SMILES string of the molecule is Cc1oc(-c2ccccc2)nc1CC(=O)N(C1CC1)C1CCS(=O)(=O)C1. The molecule has 2 aliphatic rings. The molecule has 2 fully saturated rings. The van der Waals surface area contributed by atoms with Crippen LogP contribution in [0.3, 0.4) is 0 Å². The zero-order valence-electron chi connectivity index (χ0n) is 14.7. The Morgan fingerprint density at radius 2 is 1.92 bits per heavy atom. The van der Waals surface area contributed by atoms with Crippen molar-refractivity contribution in [2.75, 3.05) is 11.5 Å². The Kier molecular flexibility index (Phi) is 4.34. The van der Waals surface area contributed by atoms with Gasteiger partial charge >= 0.3 is 0 Å². The molecular weight excluding hydrogens is 352 g/mol. The van der Waals surface area contributed by atoms with Crippen molar-refractivity contribution < 1.29 is 17.6 Å². The molecule has 6 nitrogen and oxygen atoms in total. The Labute approximate surface area is 153 Å². The Bertz CT molecular complexity index is 916. The summed E-state index contributed by atoms with van der Waals surface area (Å²) in [7, 11) is -3.02. The topological polar surface area (TPSA) is 80.5 Å². The highest BCUT2D eigenvalue weighted by atomic mass is 32.2. The number of aryl methyl sites for hydroxylation is 1. The molecule has 1 atom stereocenters. The van der Waals surface area contributed by atoms with E-state index in [4.69, 9.17) is 4.42 Å². The number of nitrogens with zero attached hydrogens (tertiary/aromatic N) is 2. The Balaban J connectivity index is 1.53. The van der Waals surface area contributed by atoms with Gasteiger partial charge in [0, 0.05) is 17.6 Å². The first-order valence-corrected chi connectivity index (χ1v) is 10.8. The predicted octanol–water partition coefficient (Wildman–Crippen LogP) is 2.37. The molecule has 138 valence electrons. The molecule has 1 aromatic carbocycles. The first-order valence-electron chi connectivity index (χ1n) is 8.96. The summed E-state index contributed by atoms with van der Waals surface area (Å²) >= 11 is 0. The van der Waals surface area contributed by atoms with Gasteiger partial charge in [-0.05, 0) is 38.3 Å². The van der Waals surface area contributed by atoms with Gasteiger partial charge in [0.2, 0.25) is 11.8 Å². The average Bonchev–Trinajstić information content (AvgIpc) is 3.28. The summed E-state index contributed by atoms with van der Waals surface area (Å²) in [4.78, 5) is 19.3. The third-order valence-corrected chi connectivity index (χ3v) is 6.81. The predicted molar refractivity (Wildman–Crippen MR) is 97.3 cm³/mol. The summed E-state index contributed by atoms with van der Waals surface area (Å²) in [5.74, 6) is 1.35. The molecule has 0 bridgehead atoms. The number of carbonyl (C=O) groups is 1. The molecule has 2 aromatic rings. The van der Waals surface area contributed by atoms with E-state index in [2.05, 4.69) is 4.98 Å². The molecule has 1 saturated heterocycles. The minimum absolute atomic E-state index is 0.0504. The fraction of sp³-hybridized carbons (Fsp3) is 0.474. The van der Waals surface area contributed by atoms with E-state index in [9.17, 15) is 13.2 Å². The van der Waals surface area contributed by atoms with Crippen molar-refractivity contribution in [3.63, 3.8) is 0 Å². The number of hydrogen-bond acceptors (Lipinski definition) is 5. The number of rotatable bonds is 5. The summed E-state index contributed by atoms with van der Waals surface area (Å²) in [6.45, 7) is 1.81. The van der Waals surface area contributed by atoms with Gasteiger partial charge in [-0.2, -0.15) is 0 Å². The van der Waals surface area contributed by atoms with Crippen molar-refractivity contribution in [1.82, 2.24) is 9.88 Å². The maximum Gasteiger partial charge on any atom is 0.229 e. The van der Waals surface area contributed by atoms with Crippen LogP contribution in [0.5, 0.6) is 0 Å². The van der Waals surface area contributed by atoms with Crippen LogP contribution in [0.4, 0.5) is 0 Å². The zero-order valence-corrected chi connectivity index (χ0v) is 15.5. The second-order valence-corrected chi connectivity index (χ2v) is 9.38. The lowest BCUT2D eigenvalue weighted by molar-refractivity contribution is -0.133. The summed E-state index contributed by atoms with van der Waals surface area (Å²) in [6, 6.07) is 9.56. The molecule has 26 heavy (non-hydrogen) atoms. The number of aromatic nitrogens is 1. The standard InChI is InChI=1S/C19H22N2O4S/c1-13-17(20-19(25-13)14-5-3-2-4-6-14)11-18(22)21(15-7-8-15)16-9-10-26(23,24)12-16/h2-6,15-16H,7-12H2,1H3. The maximum absolute atomic E-state index is 12.9. The third kappa shape index (κ3) is 3.53. The van der Waals surface area contributed by atoms with E-state index in [0.29, 0.717) is 23.8 Å². The van der Waals surface area contributed by atoms with Gasteiger partial charge in [0.25, 0.3) is 0 Å². The minimum Gasteiger partial charge on any atom is -0.441 e. The van der Waals surface area contributed by atoms with E-state index in [1.54, 1.807) is 4.90 Å². The van der Waals surface area contributed by atoms with Crippen LogP contribution >= 0.6 is 0 Å². The number of sulfone groups is 1. The number of hydrogen-bond donors (Lipinski definition) is 0. The second kappa shape index (κ2) is 6.54. The first kappa shape index (κ1) is 17.3. The van der Waals surface area contributed by atoms with E-state index in [0.717, 1.165) is 18.4 Å². The van der Waals surface area contributed by atoms with Gasteiger partial charge in [0.05, 0.1) is 23.6 Å². The van der Waals surface area contributed by atoms with Crippen LogP contribution in [0.25, 0.3) is 11.5 Å². The van der Waals surface area contributed by atoms with Crippen molar-refractivity contribution in [3.8, 4) is 11.5 Å². The highest BCUT2D eigenvalue weighted by molar-refractivity contribution is 7.91. The Morgan fingerprint density at radius 3 is 2.54 bits per heavy atom. The Morgan fingerprint density at radius 1 is 1.19 bits per heavy atom. The molecule has 7 heteroatoms. The maximum atomic E-state index is 12.9. The second-order valence-electron chi connectivity index (χ2n) is 7.15. The van der Waals surface area contributed by atoms with Crippen LogP contribution in [-0.2, 0) is 21.1 Å². The fourth-order valence-corrected chi connectivity index (χ4v) is 5.30. The highest BCUT2D eigenvalue weighted by Crippen LogP contribution is 2.33. The average molecular weight is 374 g/mol. The molecule has 1 aliphatic carbocycles. The van der Waals surface area contributed by atoms with Crippen molar-refractivity contribution in [3.05, 3.63) is 41.8 Å². The van der Waals surface area contributed by atoms with E-state index < -0.39 is 9.84 Å². The van der Waals surface area contributed by atoms with E-state index in [1.165, 1.54) is 0 Å². The summed E-state index contributed by atoms with van der Waals surface area (Å²) < 4.78 is 29.4. The normalized spacial score (nSPS) is 21.7. The number of benzene rings is 1. The van der Waals surface area contributed by atoms with Crippen LogP contribution in [0.1, 0.15) is 30.7 Å². The van der Waals surface area contributed by atoms with Crippen LogP contribution in [0.2, 0.25) is 0 Å². The summed E-state index contributed by atoms with van der Waals surface area (Å²) in [5, 5.41) is 0. The third-order valence-electron chi connectivity index (χ3n) is 5.06. The monoisotopic (exact) mass is 374 g/mol. The van der Waals surface area contributed by atoms with Gasteiger partial charge in [-0.3, -0.25) is 4.79 Å². The number of oxazole rings is 1. The molecule has 1 aromatic heterocycles. The van der Waals surface area contributed by atoms with Gasteiger partial charge < -0.3 is 9.32 Å². The molecule has 4 rings (SSSR count). The van der Waals surface area contributed by atoms with Crippen LogP contribution in [-0.4, -0.2) is 47.8 Å². The van der Waals surface area contributed by atoms with Gasteiger partial charge in [-0.1, -0.05) is 18.2 Å². The van der Waals surface area contributed by atoms with Crippen molar-refractivity contribution in [2.45, 2.75) is 44.7 Å². The molecule has 0 N–H and O–H groups in total. The highest BCUT2D eigenvalue weighted by Gasteiger charge is 2.42. The zero-order chi connectivity index (χ0) is 18.3. The molecule has 2 heterocycles. The van der Waals surface area contributed by atoms with Crippen molar-refractivity contribution >= 4 is 15.7 Å². The number of amides is 1. The van der Waals surface area contributed by atoms with Crippen molar-refractivity contribution in [2.24, 2.45) is 0 Å². The van der Waals surface area contributed by atoms with E-state index >= 15 is 0 Å². The molecule has 0 radical (unpaired) electrons. The summed E-state index contributed by atoms with van der Waals surface area (Å²) in [5.41, 5.74) is 1.50. The van der Waals surface area contributed by atoms with Gasteiger partial charge in [-0.15, -0.1) is 0 Å². The molecule has 1 aliphatic heterocycles. The fourth-order valence-electron chi connectivity index (χ4n) is 3.58. The first-order chi connectivity index (χ1) is 12.4. The van der Waals surface area contributed by atoms with Crippen LogP contribution in [0, 0.1) is 6.92 Å². The lowest BCUT2D eigenvalue weighted by Crippen LogP contribution is -2.43. The summed E-state index contributed by atoms with van der Waals surface area (Å²) in [6.07, 6.45) is 2.59. The van der Waals surface area contributed by atoms with Gasteiger partial charge in [0.1, 0.15) is 5.76 Å². The van der Waals surface area contributed by atoms with E-state index in [1.807, 2.05) is 37.3 Å². The smallest absolute Gasteiger partial charge is 0.229 e. The lowest BCUT2D eigenvalue weighted by Gasteiger charge is -2.28. The van der Waals surface area contributed by atoms with Gasteiger partial charge in [0.15, 0.2) is 9.84 Å². The quantitative estimate of drug-likeness (QED) is 0.803. The molecular formula is C19H22N2O4S. The Hall–Kier alpha value is -2.15.